The van der Waals surface area contributed by atoms with Crippen LogP contribution in [0.5, 0.6) is 5.75 Å². The minimum atomic E-state index is 0.134. The average Bonchev–Trinajstić information content (AvgIpc) is 2.41. The molecule has 0 unspecified atom stereocenters. The SMILES string of the molecule is COc1ccc(C)cc1CC(=O)c1cc(C)ccc1C. The number of methoxy groups -OCH3 is 1. The van der Waals surface area contributed by atoms with Gasteiger partial charge >= 0.3 is 0 Å². The molecule has 0 aromatic heterocycles. The van der Waals surface area contributed by atoms with Crippen molar-refractivity contribution in [3.8, 4) is 5.75 Å². The molecule has 104 valence electrons. The number of benzene rings is 2. The molecule has 0 aliphatic rings. The quantitative estimate of drug-likeness (QED) is 0.782. The minimum absolute atomic E-state index is 0.134. The summed E-state index contributed by atoms with van der Waals surface area (Å²) < 4.78 is 5.34. The summed E-state index contributed by atoms with van der Waals surface area (Å²) in [7, 11) is 1.64. The molecule has 0 saturated heterocycles. The Morgan fingerprint density at radius 1 is 1.00 bits per heavy atom. The molecule has 2 rings (SSSR count). The van der Waals surface area contributed by atoms with Crippen molar-refractivity contribution in [2.75, 3.05) is 7.11 Å². The van der Waals surface area contributed by atoms with Gasteiger partial charge in [-0.15, -0.1) is 0 Å². The first-order valence-corrected chi connectivity index (χ1v) is 6.75. The van der Waals surface area contributed by atoms with Gasteiger partial charge in [-0.1, -0.05) is 35.4 Å². The maximum atomic E-state index is 12.5. The van der Waals surface area contributed by atoms with Crippen LogP contribution in [0.3, 0.4) is 0 Å². The van der Waals surface area contributed by atoms with Gasteiger partial charge in [0.25, 0.3) is 0 Å². The monoisotopic (exact) mass is 268 g/mol. The summed E-state index contributed by atoms with van der Waals surface area (Å²) in [5.41, 5.74) is 5.00. The molecule has 0 heterocycles. The van der Waals surface area contributed by atoms with Crippen LogP contribution in [-0.2, 0) is 6.42 Å². The first-order chi connectivity index (χ1) is 9.51. The molecule has 2 aromatic rings. The van der Waals surface area contributed by atoms with Gasteiger partial charge in [0.15, 0.2) is 5.78 Å². The van der Waals surface area contributed by atoms with Crippen LogP contribution in [0.2, 0.25) is 0 Å². The standard InChI is InChI=1S/C18H20O2/c1-12-6-8-18(20-4)15(9-12)11-17(19)16-10-13(2)5-7-14(16)3/h5-10H,11H2,1-4H3. The molecule has 0 N–H and O–H groups in total. The summed E-state index contributed by atoms with van der Waals surface area (Å²) in [6.45, 7) is 5.99. The Kier molecular flexibility index (Phi) is 4.23. The number of rotatable bonds is 4. The van der Waals surface area contributed by atoms with Crippen molar-refractivity contribution in [3.05, 3.63) is 64.2 Å². The number of Topliss-reactive ketones (excluding diaryl/α,β-unsaturated/α-hetero) is 1. The Morgan fingerprint density at radius 2 is 1.65 bits per heavy atom. The number of ketones is 1. The largest absolute Gasteiger partial charge is 0.496 e. The van der Waals surface area contributed by atoms with Gasteiger partial charge in [0.1, 0.15) is 5.75 Å². The maximum Gasteiger partial charge on any atom is 0.167 e. The van der Waals surface area contributed by atoms with E-state index in [2.05, 4.69) is 0 Å². The summed E-state index contributed by atoms with van der Waals surface area (Å²) in [6.07, 6.45) is 0.370. The van der Waals surface area contributed by atoms with E-state index in [0.29, 0.717) is 6.42 Å². The molecule has 0 fully saturated rings. The van der Waals surface area contributed by atoms with Crippen molar-refractivity contribution in [1.29, 1.82) is 0 Å². The molecule has 0 amide bonds. The molecule has 0 aliphatic heterocycles. The average molecular weight is 268 g/mol. The molecule has 2 aromatic carbocycles. The summed E-state index contributed by atoms with van der Waals surface area (Å²) in [5.74, 6) is 0.907. The second-order valence-electron chi connectivity index (χ2n) is 5.23. The lowest BCUT2D eigenvalue weighted by Gasteiger charge is -2.10. The van der Waals surface area contributed by atoms with E-state index in [1.54, 1.807) is 7.11 Å². The van der Waals surface area contributed by atoms with Gasteiger partial charge in [0, 0.05) is 17.5 Å². The molecular weight excluding hydrogens is 248 g/mol. The Balaban J connectivity index is 2.32. The van der Waals surface area contributed by atoms with Crippen LogP contribution < -0.4 is 4.74 Å². The predicted molar refractivity (Wildman–Crippen MR) is 81.7 cm³/mol. The molecular formula is C18H20O2. The number of carbonyl (C=O) groups is 1. The van der Waals surface area contributed by atoms with E-state index < -0.39 is 0 Å². The highest BCUT2D eigenvalue weighted by atomic mass is 16.5. The number of ether oxygens (including phenoxy) is 1. The van der Waals surface area contributed by atoms with E-state index in [4.69, 9.17) is 4.74 Å². The van der Waals surface area contributed by atoms with Crippen LogP contribution in [0.15, 0.2) is 36.4 Å². The lowest BCUT2D eigenvalue weighted by molar-refractivity contribution is 0.0991. The normalized spacial score (nSPS) is 10.4. The van der Waals surface area contributed by atoms with Crippen molar-refractivity contribution in [2.45, 2.75) is 27.2 Å². The first kappa shape index (κ1) is 14.3. The van der Waals surface area contributed by atoms with Crippen LogP contribution in [-0.4, -0.2) is 12.9 Å². The molecule has 0 spiro atoms. The molecule has 0 radical (unpaired) electrons. The van der Waals surface area contributed by atoms with E-state index >= 15 is 0 Å². The van der Waals surface area contributed by atoms with Crippen LogP contribution >= 0.6 is 0 Å². The highest BCUT2D eigenvalue weighted by Crippen LogP contribution is 2.22. The third kappa shape index (κ3) is 3.08. The number of hydrogen-bond donors (Lipinski definition) is 0. The second-order valence-corrected chi connectivity index (χ2v) is 5.23. The Bertz CT molecular complexity index is 642. The molecule has 2 nitrogen and oxygen atoms in total. The molecule has 0 bridgehead atoms. The van der Waals surface area contributed by atoms with Crippen LogP contribution in [0.25, 0.3) is 0 Å². The zero-order valence-electron chi connectivity index (χ0n) is 12.5. The second kappa shape index (κ2) is 5.91. The van der Waals surface area contributed by atoms with E-state index in [-0.39, 0.29) is 5.78 Å². The van der Waals surface area contributed by atoms with Gasteiger partial charge in [0.05, 0.1) is 7.11 Å². The topological polar surface area (TPSA) is 26.3 Å². The zero-order chi connectivity index (χ0) is 14.7. The van der Waals surface area contributed by atoms with Crippen molar-refractivity contribution >= 4 is 5.78 Å². The summed E-state index contributed by atoms with van der Waals surface area (Å²) in [6, 6.07) is 11.9. The Hall–Kier alpha value is -2.09. The number of hydrogen-bond acceptors (Lipinski definition) is 2. The van der Waals surface area contributed by atoms with E-state index in [1.807, 2.05) is 57.2 Å². The zero-order valence-corrected chi connectivity index (χ0v) is 12.5. The molecule has 0 aliphatic carbocycles. The highest BCUT2D eigenvalue weighted by molar-refractivity contribution is 5.99. The van der Waals surface area contributed by atoms with Crippen LogP contribution in [0.4, 0.5) is 0 Å². The first-order valence-electron chi connectivity index (χ1n) is 6.75. The lowest BCUT2D eigenvalue weighted by atomic mass is 9.96. The van der Waals surface area contributed by atoms with Gasteiger partial charge in [-0.25, -0.2) is 0 Å². The van der Waals surface area contributed by atoms with Gasteiger partial charge in [-0.05, 0) is 38.5 Å². The smallest absolute Gasteiger partial charge is 0.167 e. The van der Waals surface area contributed by atoms with Crippen LogP contribution in [0.1, 0.15) is 32.6 Å². The summed E-state index contributed by atoms with van der Waals surface area (Å²) in [5, 5.41) is 0. The number of carbonyl (C=O) groups excluding carboxylic acids is 1. The number of aryl methyl sites for hydroxylation is 3. The minimum Gasteiger partial charge on any atom is -0.496 e. The van der Waals surface area contributed by atoms with E-state index in [1.165, 1.54) is 0 Å². The molecule has 0 atom stereocenters. The lowest BCUT2D eigenvalue weighted by Crippen LogP contribution is -2.07. The van der Waals surface area contributed by atoms with Crippen molar-refractivity contribution < 1.29 is 9.53 Å². The third-order valence-electron chi connectivity index (χ3n) is 3.48. The fourth-order valence-electron chi connectivity index (χ4n) is 2.35. The Labute approximate surface area is 120 Å². The fourth-order valence-corrected chi connectivity index (χ4v) is 2.35. The van der Waals surface area contributed by atoms with Crippen molar-refractivity contribution in [3.63, 3.8) is 0 Å². The van der Waals surface area contributed by atoms with Crippen LogP contribution in [0, 0.1) is 20.8 Å². The fraction of sp³-hybridized carbons (Fsp3) is 0.278. The van der Waals surface area contributed by atoms with Gasteiger partial charge in [-0.3, -0.25) is 4.79 Å². The van der Waals surface area contributed by atoms with E-state index in [0.717, 1.165) is 33.6 Å². The van der Waals surface area contributed by atoms with E-state index in [9.17, 15) is 4.79 Å². The molecule has 2 heteroatoms. The van der Waals surface area contributed by atoms with Crippen molar-refractivity contribution in [2.24, 2.45) is 0 Å². The predicted octanol–water partition coefficient (Wildman–Crippen LogP) is 4.05. The molecule has 0 saturated carbocycles. The van der Waals surface area contributed by atoms with Gasteiger partial charge in [-0.2, -0.15) is 0 Å². The molecule has 20 heavy (non-hydrogen) atoms. The highest BCUT2D eigenvalue weighted by Gasteiger charge is 2.13. The summed E-state index contributed by atoms with van der Waals surface area (Å²) in [4.78, 5) is 12.5. The van der Waals surface area contributed by atoms with Crippen molar-refractivity contribution in [1.82, 2.24) is 0 Å². The van der Waals surface area contributed by atoms with Gasteiger partial charge in [0.2, 0.25) is 0 Å². The third-order valence-corrected chi connectivity index (χ3v) is 3.48. The Morgan fingerprint density at radius 3 is 2.35 bits per heavy atom. The maximum absolute atomic E-state index is 12.5. The summed E-state index contributed by atoms with van der Waals surface area (Å²) >= 11 is 0. The van der Waals surface area contributed by atoms with Gasteiger partial charge < -0.3 is 4.74 Å².